The van der Waals surface area contributed by atoms with Crippen LogP contribution in [0.3, 0.4) is 0 Å². The summed E-state index contributed by atoms with van der Waals surface area (Å²) in [6.45, 7) is 0. The van der Waals surface area contributed by atoms with Crippen molar-refractivity contribution in [3.8, 4) is 17.0 Å². The zero-order valence-corrected chi connectivity index (χ0v) is 12.4. The SMILES string of the molecule is COc1ccc(-c2csc(Nc3cccc(N)c3)n2)cc1. The molecule has 0 aliphatic heterocycles. The van der Waals surface area contributed by atoms with Crippen molar-refractivity contribution in [1.82, 2.24) is 4.98 Å². The summed E-state index contributed by atoms with van der Waals surface area (Å²) < 4.78 is 5.16. The number of ether oxygens (including phenoxy) is 1. The van der Waals surface area contributed by atoms with Gasteiger partial charge in [-0.3, -0.25) is 0 Å². The third-order valence-corrected chi connectivity index (χ3v) is 3.79. The number of hydrogen-bond donors (Lipinski definition) is 2. The maximum absolute atomic E-state index is 5.77. The van der Waals surface area contributed by atoms with Crippen LogP contribution in [0.15, 0.2) is 53.9 Å². The van der Waals surface area contributed by atoms with Gasteiger partial charge in [-0.1, -0.05) is 6.07 Å². The summed E-state index contributed by atoms with van der Waals surface area (Å²) in [7, 11) is 1.66. The Bertz CT molecular complexity index is 737. The number of nitrogens with one attached hydrogen (secondary N) is 1. The Kier molecular flexibility index (Phi) is 3.75. The minimum atomic E-state index is 0.729. The molecule has 0 fully saturated rings. The zero-order valence-electron chi connectivity index (χ0n) is 11.5. The number of aromatic nitrogens is 1. The van der Waals surface area contributed by atoms with E-state index >= 15 is 0 Å². The Morgan fingerprint density at radius 3 is 2.67 bits per heavy atom. The van der Waals surface area contributed by atoms with E-state index in [1.165, 1.54) is 0 Å². The number of benzene rings is 2. The van der Waals surface area contributed by atoms with E-state index in [4.69, 9.17) is 10.5 Å². The lowest BCUT2D eigenvalue weighted by molar-refractivity contribution is 0.415. The van der Waals surface area contributed by atoms with Gasteiger partial charge >= 0.3 is 0 Å². The van der Waals surface area contributed by atoms with Crippen LogP contribution in [0.2, 0.25) is 0 Å². The van der Waals surface area contributed by atoms with Gasteiger partial charge in [0.1, 0.15) is 5.75 Å². The molecule has 0 bridgehead atoms. The van der Waals surface area contributed by atoms with Gasteiger partial charge in [-0.25, -0.2) is 4.98 Å². The van der Waals surface area contributed by atoms with Crippen molar-refractivity contribution < 1.29 is 4.74 Å². The number of hydrogen-bond acceptors (Lipinski definition) is 5. The quantitative estimate of drug-likeness (QED) is 0.710. The molecule has 0 radical (unpaired) electrons. The molecule has 2 aromatic carbocycles. The Hall–Kier alpha value is -2.53. The van der Waals surface area contributed by atoms with Crippen LogP contribution < -0.4 is 15.8 Å². The number of thiazole rings is 1. The highest BCUT2D eigenvalue weighted by Gasteiger charge is 2.05. The summed E-state index contributed by atoms with van der Waals surface area (Å²) in [5.41, 5.74) is 9.43. The lowest BCUT2D eigenvalue weighted by atomic mass is 10.2. The Morgan fingerprint density at radius 1 is 1.14 bits per heavy atom. The van der Waals surface area contributed by atoms with E-state index < -0.39 is 0 Å². The minimum absolute atomic E-state index is 0.729. The predicted octanol–water partition coefficient (Wildman–Crippen LogP) is 4.14. The van der Waals surface area contributed by atoms with Crippen LogP contribution in [-0.2, 0) is 0 Å². The molecule has 0 aliphatic carbocycles. The third kappa shape index (κ3) is 3.14. The molecule has 3 N–H and O–H groups in total. The summed E-state index contributed by atoms with van der Waals surface area (Å²) in [4.78, 5) is 4.59. The van der Waals surface area contributed by atoms with Gasteiger partial charge in [0, 0.05) is 22.3 Å². The molecule has 0 amide bonds. The highest BCUT2D eigenvalue weighted by molar-refractivity contribution is 7.14. The first-order valence-electron chi connectivity index (χ1n) is 6.47. The smallest absolute Gasteiger partial charge is 0.187 e. The topological polar surface area (TPSA) is 60.2 Å². The maximum atomic E-state index is 5.77. The molecule has 3 rings (SSSR count). The van der Waals surface area contributed by atoms with Crippen LogP contribution >= 0.6 is 11.3 Å². The number of nitrogens with two attached hydrogens (primary N) is 1. The molecule has 106 valence electrons. The van der Waals surface area contributed by atoms with E-state index in [-0.39, 0.29) is 0 Å². The molecule has 1 aromatic heterocycles. The van der Waals surface area contributed by atoms with Crippen molar-refractivity contribution >= 4 is 27.8 Å². The first-order valence-corrected chi connectivity index (χ1v) is 7.35. The fraction of sp³-hybridized carbons (Fsp3) is 0.0625. The van der Waals surface area contributed by atoms with Gasteiger partial charge in [0.15, 0.2) is 5.13 Å². The van der Waals surface area contributed by atoms with Gasteiger partial charge < -0.3 is 15.8 Å². The summed E-state index contributed by atoms with van der Waals surface area (Å²) in [6.07, 6.45) is 0. The second-order valence-electron chi connectivity index (χ2n) is 4.52. The van der Waals surface area contributed by atoms with Gasteiger partial charge in [0.25, 0.3) is 0 Å². The average molecular weight is 297 g/mol. The Morgan fingerprint density at radius 2 is 1.95 bits per heavy atom. The van der Waals surface area contributed by atoms with E-state index in [1.54, 1.807) is 18.4 Å². The second kappa shape index (κ2) is 5.85. The van der Waals surface area contributed by atoms with Crippen LogP contribution in [0.5, 0.6) is 5.75 Å². The monoisotopic (exact) mass is 297 g/mol. The van der Waals surface area contributed by atoms with E-state index in [0.29, 0.717) is 0 Å². The van der Waals surface area contributed by atoms with Crippen molar-refractivity contribution in [2.75, 3.05) is 18.2 Å². The van der Waals surface area contributed by atoms with Gasteiger partial charge in [0.2, 0.25) is 0 Å². The fourth-order valence-electron chi connectivity index (χ4n) is 1.97. The molecule has 0 spiro atoms. The average Bonchev–Trinajstić information content (AvgIpc) is 2.96. The normalized spacial score (nSPS) is 10.3. The van der Waals surface area contributed by atoms with Crippen LogP contribution in [-0.4, -0.2) is 12.1 Å². The molecule has 21 heavy (non-hydrogen) atoms. The molecule has 4 nitrogen and oxygen atoms in total. The number of rotatable bonds is 4. The van der Waals surface area contributed by atoms with E-state index in [0.717, 1.165) is 33.5 Å². The largest absolute Gasteiger partial charge is 0.497 e. The summed E-state index contributed by atoms with van der Waals surface area (Å²) in [6, 6.07) is 15.5. The highest BCUT2D eigenvalue weighted by atomic mass is 32.1. The van der Waals surface area contributed by atoms with E-state index in [1.807, 2.05) is 53.9 Å². The molecule has 3 aromatic rings. The zero-order chi connectivity index (χ0) is 14.7. The Labute approximate surface area is 127 Å². The fourth-order valence-corrected chi connectivity index (χ4v) is 2.71. The lowest BCUT2D eigenvalue weighted by Gasteiger charge is -2.03. The van der Waals surface area contributed by atoms with Crippen LogP contribution in [0.4, 0.5) is 16.5 Å². The Balaban J connectivity index is 1.79. The molecule has 0 unspecified atom stereocenters. The van der Waals surface area contributed by atoms with E-state index in [9.17, 15) is 0 Å². The molecule has 0 saturated heterocycles. The lowest BCUT2D eigenvalue weighted by Crippen LogP contribution is -1.91. The van der Waals surface area contributed by atoms with Crippen LogP contribution in [0, 0.1) is 0 Å². The van der Waals surface area contributed by atoms with Crippen molar-refractivity contribution in [3.63, 3.8) is 0 Å². The standard InChI is InChI=1S/C16H15N3OS/c1-20-14-7-5-11(6-8-14)15-10-21-16(19-15)18-13-4-2-3-12(17)9-13/h2-10H,17H2,1H3,(H,18,19). The minimum Gasteiger partial charge on any atom is -0.497 e. The predicted molar refractivity (Wildman–Crippen MR) is 88.2 cm³/mol. The van der Waals surface area contributed by atoms with Crippen molar-refractivity contribution in [1.29, 1.82) is 0 Å². The first kappa shape index (κ1) is 13.5. The van der Waals surface area contributed by atoms with Crippen molar-refractivity contribution in [3.05, 3.63) is 53.9 Å². The number of nitrogen functional groups attached to an aromatic ring is 1. The summed E-state index contributed by atoms with van der Waals surface area (Å²) >= 11 is 1.56. The second-order valence-corrected chi connectivity index (χ2v) is 5.37. The summed E-state index contributed by atoms with van der Waals surface area (Å²) in [5, 5.41) is 6.12. The number of anilines is 3. The van der Waals surface area contributed by atoms with Crippen molar-refractivity contribution in [2.24, 2.45) is 0 Å². The summed E-state index contributed by atoms with van der Waals surface area (Å²) in [5.74, 6) is 0.840. The number of methoxy groups -OCH3 is 1. The number of nitrogens with zero attached hydrogens (tertiary/aromatic N) is 1. The molecular weight excluding hydrogens is 282 g/mol. The third-order valence-electron chi connectivity index (χ3n) is 3.03. The van der Waals surface area contributed by atoms with Gasteiger partial charge in [-0.05, 0) is 42.5 Å². The van der Waals surface area contributed by atoms with Gasteiger partial charge in [-0.15, -0.1) is 11.3 Å². The molecular formula is C16H15N3OS. The van der Waals surface area contributed by atoms with Crippen LogP contribution in [0.1, 0.15) is 0 Å². The van der Waals surface area contributed by atoms with Gasteiger partial charge in [-0.2, -0.15) is 0 Å². The van der Waals surface area contributed by atoms with Gasteiger partial charge in [0.05, 0.1) is 12.8 Å². The first-order chi connectivity index (χ1) is 10.2. The molecule has 0 saturated carbocycles. The molecule has 0 aliphatic rings. The molecule has 5 heteroatoms. The molecule has 1 heterocycles. The maximum Gasteiger partial charge on any atom is 0.187 e. The van der Waals surface area contributed by atoms with Crippen molar-refractivity contribution in [2.45, 2.75) is 0 Å². The van der Waals surface area contributed by atoms with Crippen LogP contribution in [0.25, 0.3) is 11.3 Å². The highest BCUT2D eigenvalue weighted by Crippen LogP contribution is 2.28. The molecule has 0 atom stereocenters. The van der Waals surface area contributed by atoms with E-state index in [2.05, 4.69) is 10.3 Å².